The topological polar surface area (TPSA) is 24.8 Å². The van der Waals surface area contributed by atoms with Gasteiger partial charge in [0.2, 0.25) is 0 Å². The van der Waals surface area contributed by atoms with Gasteiger partial charge in [-0.3, -0.25) is 0 Å². The van der Waals surface area contributed by atoms with Crippen molar-refractivity contribution in [3.05, 3.63) is 0 Å². The number of hydrogen-bond acceptors (Lipinski definition) is 3. The molecule has 0 radical (unpaired) electrons. The van der Waals surface area contributed by atoms with Gasteiger partial charge in [-0.15, -0.1) is 0 Å². The zero-order valence-electron chi connectivity index (χ0n) is 13.3. The Bertz CT molecular complexity index is 347. The lowest BCUT2D eigenvalue weighted by atomic mass is 9.70. The van der Waals surface area contributed by atoms with E-state index >= 15 is 0 Å². The van der Waals surface area contributed by atoms with E-state index in [1.807, 2.05) is 0 Å². The first-order valence-electron chi connectivity index (χ1n) is 7.87. The van der Waals surface area contributed by atoms with Crippen molar-refractivity contribution in [1.82, 2.24) is 4.90 Å². The van der Waals surface area contributed by atoms with Gasteiger partial charge in [0.25, 0.3) is 0 Å². The number of rotatable bonds is 6. The summed E-state index contributed by atoms with van der Waals surface area (Å²) < 4.78 is 0. The number of fused-ring (bicyclic) bond motifs is 2. The first-order valence-corrected chi connectivity index (χ1v) is 7.87. The van der Waals surface area contributed by atoms with Crippen molar-refractivity contribution >= 4 is 5.71 Å². The molecular weight excluding hydrogens is 236 g/mol. The summed E-state index contributed by atoms with van der Waals surface area (Å²) in [5, 5.41) is 4.50. The molecule has 0 amide bonds. The first kappa shape index (κ1) is 14.8. The highest BCUT2D eigenvalue weighted by molar-refractivity contribution is 5.93. The van der Waals surface area contributed by atoms with Crippen LogP contribution in [0.3, 0.4) is 0 Å². The van der Waals surface area contributed by atoms with Crippen molar-refractivity contribution in [1.29, 1.82) is 0 Å². The standard InChI is InChI=1S/C16H30N2O/c1-6-18(7-2)10-11-19-17-14-12-13-8-9-16(14,5)15(13,3)4/h13H,6-12H2,1-5H3/b17-14-. The van der Waals surface area contributed by atoms with Crippen LogP contribution in [0.1, 0.15) is 53.9 Å². The van der Waals surface area contributed by atoms with Gasteiger partial charge in [0, 0.05) is 12.0 Å². The van der Waals surface area contributed by atoms with Gasteiger partial charge in [0.05, 0.1) is 5.71 Å². The molecule has 2 saturated carbocycles. The van der Waals surface area contributed by atoms with Gasteiger partial charge >= 0.3 is 0 Å². The lowest BCUT2D eigenvalue weighted by Gasteiger charge is -2.34. The number of nitrogens with zero attached hydrogens (tertiary/aromatic N) is 2. The van der Waals surface area contributed by atoms with Crippen LogP contribution in [0.5, 0.6) is 0 Å². The van der Waals surface area contributed by atoms with E-state index in [0.29, 0.717) is 12.0 Å². The number of oxime groups is 1. The summed E-state index contributed by atoms with van der Waals surface area (Å²) in [5.74, 6) is 0.808. The van der Waals surface area contributed by atoms with Gasteiger partial charge in [-0.25, -0.2) is 0 Å². The normalized spacial score (nSPS) is 34.4. The smallest absolute Gasteiger partial charge is 0.129 e. The monoisotopic (exact) mass is 266 g/mol. The van der Waals surface area contributed by atoms with E-state index < -0.39 is 0 Å². The van der Waals surface area contributed by atoms with E-state index in [9.17, 15) is 0 Å². The van der Waals surface area contributed by atoms with Gasteiger partial charge in [-0.05, 0) is 43.7 Å². The lowest BCUT2D eigenvalue weighted by Crippen LogP contribution is -2.33. The molecule has 2 aliphatic rings. The zero-order valence-corrected chi connectivity index (χ0v) is 13.3. The minimum absolute atomic E-state index is 0.271. The van der Waals surface area contributed by atoms with Gasteiger partial charge in [0.1, 0.15) is 6.61 Å². The van der Waals surface area contributed by atoms with Crippen molar-refractivity contribution in [2.75, 3.05) is 26.2 Å². The molecule has 3 heteroatoms. The summed E-state index contributed by atoms with van der Waals surface area (Å²) in [6.45, 7) is 15.4. The SMILES string of the molecule is CCN(CC)CCO/N=C1/CC2CCC1(C)C2(C)C. The molecule has 2 atom stereocenters. The van der Waals surface area contributed by atoms with E-state index in [0.717, 1.165) is 32.0 Å². The molecule has 3 nitrogen and oxygen atoms in total. The molecule has 0 aromatic rings. The van der Waals surface area contributed by atoms with Crippen LogP contribution in [-0.4, -0.2) is 36.9 Å². The third kappa shape index (κ3) is 2.42. The Hall–Kier alpha value is -0.570. The summed E-state index contributed by atoms with van der Waals surface area (Å²) >= 11 is 0. The van der Waals surface area contributed by atoms with Crippen LogP contribution < -0.4 is 0 Å². The predicted octanol–water partition coefficient (Wildman–Crippen LogP) is 3.55. The van der Waals surface area contributed by atoms with E-state index in [1.54, 1.807) is 0 Å². The van der Waals surface area contributed by atoms with Crippen LogP contribution in [-0.2, 0) is 4.84 Å². The predicted molar refractivity (Wildman–Crippen MR) is 80.4 cm³/mol. The average Bonchev–Trinajstić information content (AvgIpc) is 2.72. The largest absolute Gasteiger partial charge is 0.394 e. The van der Waals surface area contributed by atoms with E-state index in [2.05, 4.69) is 44.7 Å². The summed E-state index contributed by atoms with van der Waals surface area (Å²) in [7, 11) is 0. The van der Waals surface area contributed by atoms with Gasteiger partial charge < -0.3 is 9.74 Å². The Balaban J connectivity index is 1.88. The van der Waals surface area contributed by atoms with E-state index in [4.69, 9.17) is 4.84 Å². The maximum absolute atomic E-state index is 5.61. The molecule has 0 aromatic carbocycles. The molecule has 0 spiro atoms. The molecule has 2 bridgehead atoms. The van der Waals surface area contributed by atoms with Gasteiger partial charge in [0.15, 0.2) is 0 Å². The molecule has 0 aromatic heterocycles. The Morgan fingerprint density at radius 3 is 2.42 bits per heavy atom. The minimum Gasteiger partial charge on any atom is -0.394 e. The summed E-state index contributed by atoms with van der Waals surface area (Å²) in [6.07, 6.45) is 3.79. The third-order valence-corrected chi connectivity index (χ3v) is 6.08. The molecule has 19 heavy (non-hydrogen) atoms. The van der Waals surface area contributed by atoms with Crippen molar-refractivity contribution < 1.29 is 4.84 Å². The summed E-state index contributed by atoms with van der Waals surface area (Å²) in [6, 6.07) is 0. The molecule has 110 valence electrons. The zero-order chi connectivity index (χ0) is 14.1. The Morgan fingerprint density at radius 1 is 1.26 bits per heavy atom. The Labute approximate surface area is 118 Å². The summed E-state index contributed by atoms with van der Waals surface area (Å²) in [5.41, 5.74) is 1.98. The maximum Gasteiger partial charge on any atom is 0.129 e. The third-order valence-electron chi connectivity index (χ3n) is 6.08. The highest BCUT2D eigenvalue weighted by Crippen LogP contribution is 2.63. The second-order valence-electron chi connectivity index (χ2n) is 6.89. The van der Waals surface area contributed by atoms with E-state index in [1.165, 1.54) is 18.6 Å². The quantitative estimate of drug-likeness (QED) is 0.542. The van der Waals surface area contributed by atoms with Crippen LogP contribution in [0, 0.1) is 16.7 Å². The van der Waals surface area contributed by atoms with Gasteiger partial charge in [-0.2, -0.15) is 0 Å². The van der Waals surface area contributed by atoms with Crippen LogP contribution in [0.4, 0.5) is 0 Å². The number of hydrogen-bond donors (Lipinski definition) is 0. The molecule has 0 N–H and O–H groups in total. The van der Waals surface area contributed by atoms with Crippen molar-refractivity contribution in [3.63, 3.8) is 0 Å². The van der Waals surface area contributed by atoms with Crippen molar-refractivity contribution in [2.45, 2.75) is 53.9 Å². The van der Waals surface area contributed by atoms with Crippen molar-refractivity contribution in [2.24, 2.45) is 21.9 Å². The first-order chi connectivity index (χ1) is 8.95. The highest BCUT2D eigenvalue weighted by Gasteiger charge is 2.60. The van der Waals surface area contributed by atoms with Crippen molar-refractivity contribution in [3.8, 4) is 0 Å². The fourth-order valence-corrected chi connectivity index (χ4v) is 3.90. The molecule has 2 rings (SSSR count). The fraction of sp³-hybridized carbons (Fsp3) is 0.938. The molecular formula is C16H30N2O. The second kappa shape index (κ2) is 5.43. The molecule has 2 fully saturated rings. The van der Waals surface area contributed by atoms with Crippen LogP contribution in [0.2, 0.25) is 0 Å². The second-order valence-corrected chi connectivity index (χ2v) is 6.89. The Morgan fingerprint density at radius 2 is 1.95 bits per heavy atom. The molecule has 0 aliphatic heterocycles. The van der Waals surface area contributed by atoms with Crippen LogP contribution in [0.15, 0.2) is 5.16 Å². The molecule has 0 heterocycles. The van der Waals surface area contributed by atoms with Crippen LogP contribution >= 0.6 is 0 Å². The maximum atomic E-state index is 5.61. The molecule has 0 saturated heterocycles. The highest BCUT2D eigenvalue weighted by atomic mass is 16.6. The van der Waals surface area contributed by atoms with Crippen LogP contribution in [0.25, 0.3) is 0 Å². The Kier molecular flexibility index (Phi) is 4.24. The van der Waals surface area contributed by atoms with E-state index in [-0.39, 0.29) is 5.41 Å². The number of likely N-dealkylation sites (N-methyl/N-ethyl adjacent to an activating group) is 1. The summed E-state index contributed by atoms with van der Waals surface area (Å²) in [4.78, 5) is 7.98. The molecule has 2 aliphatic carbocycles. The molecule has 2 unspecified atom stereocenters. The lowest BCUT2D eigenvalue weighted by molar-refractivity contribution is 0.109. The fourth-order valence-electron chi connectivity index (χ4n) is 3.90. The minimum atomic E-state index is 0.271. The average molecular weight is 266 g/mol. The van der Waals surface area contributed by atoms with Gasteiger partial charge in [-0.1, -0.05) is 39.8 Å².